The third-order valence-corrected chi connectivity index (χ3v) is 3.83. The van der Waals surface area contributed by atoms with Gasteiger partial charge in [0, 0.05) is 31.1 Å². The molecule has 2 aromatic heterocycles. The SMILES string of the molecule is c1csc(COc2cncc(N3CCNCC3)n2)c1. The van der Waals surface area contributed by atoms with Crippen LogP contribution in [0.2, 0.25) is 0 Å². The van der Waals surface area contributed by atoms with E-state index in [-0.39, 0.29) is 0 Å². The third kappa shape index (κ3) is 3.21. The molecule has 1 aliphatic rings. The van der Waals surface area contributed by atoms with Crippen LogP contribution in [0, 0.1) is 0 Å². The standard InChI is InChI=1S/C13H16N4OS/c1-2-11(19-7-1)10-18-13-9-15-8-12(16-13)17-5-3-14-4-6-17/h1-2,7-9,14H,3-6,10H2. The zero-order chi connectivity index (χ0) is 12.9. The summed E-state index contributed by atoms with van der Waals surface area (Å²) in [7, 11) is 0. The Labute approximate surface area is 116 Å². The van der Waals surface area contributed by atoms with Gasteiger partial charge in [0.05, 0.1) is 12.4 Å². The Kier molecular flexibility index (Phi) is 3.90. The lowest BCUT2D eigenvalue weighted by molar-refractivity contribution is 0.296. The van der Waals surface area contributed by atoms with E-state index in [2.05, 4.69) is 26.3 Å². The molecule has 1 fully saturated rings. The first-order valence-electron chi connectivity index (χ1n) is 6.35. The summed E-state index contributed by atoms with van der Waals surface area (Å²) < 4.78 is 5.68. The monoisotopic (exact) mass is 276 g/mol. The van der Waals surface area contributed by atoms with Crippen molar-refractivity contribution in [3.05, 3.63) is 34.8 Å². The van der Waals surface area contributed by atoms with Crippen molar-refractivity contribution in [1.29, 1.82) is 0 Å². The molecule has 6 heteroatoms. The van der Waals surface area contributed by atoms with Gasteiger partial charge in [-0.3, -0.25) is 4.98 Å². The smallest absolute Gasteiger partial charge is 0.234 e. The number of rotatable bonds is 4. The summed E-state index contributed by atoms with van der Waals surface area (Å²) in [5, 5.41) is 5.37. The molecule has 3 heterocycles. The molecule has 0 unspecified atom stereocenters. The molecule has 19 heavy (non-hydrogen) atoms. The number of ether oxygens (including phenoxy) is 1. The minimum absolute atomic E-state index is 0.553. The molecule has 0 radical (unpaired) electrons. The molecule has 1 saturated heterocycles. The van der Waals surface area contributed by atoms with Gasteiger partial charge in [-0.25, -0.2) is 0 Å². The van der Waals surface area contributed by atoms with E-state index in [1.807, 2.05) is 11.4 Å². The molecule has 0 amide bonds. The Morgan fingerprint density at radius 1 is 1.32 bits per heavy atom. The van der Waals surface area contributed by atoms with Crippen molar-refractivity contribution >= 4 is 17.2 Å². The molecule has 2 aromatic rings. The maximum absolute atomic E-state index is 5.68. The molecule has 0 saturated carbocycles. The maximum atomic E-state index is 5.68. The molecule has 1 aliphatic heterocycles. The topological polar surface area (TPSA) is 50.3 Å². The molecule has 0 aromatic carbocycles. The summed E-state index contributed by atoms with van der Waals surface area (Å²) >= 11 is 1.68. The fraction of sp³-hybridized carbons (Fsp3) is 0.385. The number of aromatic nitrogens is 2. The normalized spacial score (nSPS) is 15.5. The van der Waals surface area contributed by atoms with Gasteiger partial charge in [-0.1, -0.05) is 6.07 Å². The Morgan fingerprint density at radius 3 is 3.00 bits per heavy atom. The Balaban J connectivity index is 1.65. The largest absolute Gasteiger partial charge is 0.471 e. The first-order valence-corrected chi connectivity index (χ1v) is 7.23. The molecule has 0 atom stereocenters. The van der Waals surface area contributed by atoms with E-state index in [1.165, 1.54) is 4.88 Å². The van der Waals surface area contributed by atoms with Crippen molar-refractivity contribution in [1.82, 2.24) is 15.3 Å². The Bertz CT molecular complexity index is 511. The number of nitrogens with one attached hydrogen (secondary N) is 1. The minimum Gasteiger partial charge on any atom is -0.471 e. The van der Waals surface area contributed by atoms with Gasteiger partial charge in [0.25, 0.3) is 0 Å². The summed E-state index contributed by atoms with van der Waals surface area (Å²) in [4.78, 5) is 12.1. The molecule has 5 nitrogen and oxygen atoms in total. The lowest BCUT2D eigenvalue weighted by atomic mass is 10.3. The van der Waals surface area contributed by atoms with Gasteiger partial charge < -0.3 is 15.0 Å². The van der Waals surface area contributed by atoms with E-state index >= 15 is 0 Å². The molecule has 100 valence electrons. The van der Waals surface area contributed by atoms with Crippen LogP contribution in [0.3, 0.4) is 0 Å². The molecule has 3 rings (SSSR count). The van der Waals surface area contributed by atoms with Crippen LogP contribution >= 0.6 is 11.3 Å². The van der Waals surface area contributed by atoms with Crippen molar-refractivity contribution in [2.24, 2.45) is 0 Å². The van der Waals surface area contributed by atoms with Crippen LogP contribution in [0.1, 0.15) is 4.88 Å². The zero-order valence-corrected chi connectivity index (χ0v) is 11.4. The second kappa shape index (κ2) is 5.99. The average molecular weight is 276 g/mol. The molecular weight excluding hydrogens is 260 g/mol. The summed E-state index contributed by atoms with van der Waals surface area (Å²) in [5.74, 6) is 1.48. The van der Waals surface area contributed by atoms with Crippen LogP contribution in [0.5, 0.6) is 5.88 Å². The maximum Gasteiger partial charge on any atom is 0.234 e. The van der Waals surface area contributed by atoms with E-state index in [9.17, 15) is 0 Å². The predicted molar refractivity (Wildman–Crippen MR) is 75.8 cm³/mol. The van der Waals surface area contributed by atoms with Crippen molar-refractivity contribution in [3.63, 3.8) is 0 Å². The number of piperazine rings is 1. The van der Waals surface area contributed by atoms with Crippen molar-refractivity contribution in [3.8, 4) is 5.88 Å². The molecule has 0 bridgehead atoms. The highest BCUT2D eigenvalue weighted by Gasteiger charge is 2.12. The average Bonchev–Trinajstić information content (AvgIpc) is 3.00. The third-order valence-electron chi connectivity index (χ3n) is 2.98. The lowest BCUT2D eigenvalue weighted by Gasteiger charge is -2.28. The lowest BCUT2D eigenvalue weighted by Crippen LogP contribution is -2.43. The van der Waals surface area contributed by atoms with Gasteiger partial charge in [-0.15, -0.1) is 11.3 Å². The summed E-state index contributed by atoms with van der Waals surface area (Å²) in [6, 6.07) is 4.07. The van der Waals surface area contributed by atoms with Crippen LogP contribution in [0.15, 0.2) is 29.9 Å². The van der Waals surface area contributed by atoms with E-state index in [0.717, 1.165) is 32.0 Å². The minimum atomic E-state index is 0.553. The number of hydrogen-bond donors (Lipinski definition) is 1. The van der Waals surface area contributed by atoms with E-state index in [1.54, 1.807) is 23.7 Å². The van der Waals surface area contributed by atoms with Crippen LogP contribution in [-0.4, -0.2) is 36.1 Å². The molecule has 0 spiro atoms. The summed E-state index contributed by atoms with van der Waals surface area (Å²) in [6.07, 6.45) is 3.46. The van der Waals surface area contributed by atoms with Gasteiger partial charge in [0.1, 0.15) is 6.61 Å². The van der Waals surface area contributed by atoms with Crippen LogP contribution in [0.25, 0.3) is 0 Å². The van der Waals surface area contributed by atoms with Crippen molar-refractivity contribution < 1.29 is 4.74 Å². The second-order valence-electron chi connectivity index (χ2n) is 4.32. The Morgan fingerprint density at radius 2 is 2.21 bits per heavy atom. The Hall–Kier alpha value is -1.66. The fourth-order valence-electron chi connectivity index (χ4n) is 1.99. The number of thiophene rings is 1. The fourth-order valence-corrected chi connectivity index (χ4v) is 2.61. The first-order chi connectivity index (χ1) is 9.42. The van der Waals surface area contributed by atoms with Gasteiger partial charge in [0.2, 0.25) is 5.88 Å². The van der Waals surface area contributed by atoms with Gasteiger partial charge in [0.15, 0.2) is 5.82 Å². The predicted octanol–water partition coefficient (Wildman–Crippen LogP) is 1.53. The van der Waals surface area contributed by atoms with E-state index in [4.69, 9.17) is 4.74 Å². The molecular formula is C13H16N4OS. The molecule has 0 aliphatic carbocycles. The van der Waals surface area contributed by atoms with Crippen LogP contribution in [-0.2, 0) is 6.61 Å². The quantitative estimate of drug-likeness (QED) is 0.917. The number of hydrogen-bond acceptors (Lipinski definition) is 6. The van der Waals surface area contributed by atoms with Crippen LogP contribution < -0.4 is 15.0 Å². The van der Waals surface area contributed by atoms with Crippen LogP contribution in [0.4, 0.5) is 5.82 Å². The highest BCUT2D eigenvalue weighted by atomic mass is 32.1. The molecule has 1 N–H and O–H groups in total. The van der Waals surface area contributed by atoms with E-state index in [0.29, 0.717) is 12.5 Å². The highest BCUT2D eigenvalue weighted by molar-refractivity contribution is 7.09. The zero-order valence-electron chi connectivity index (χ0n) is 10.6. The highest BCUT2D eigenvalue weighted by Crippen LogP contribution is 2.16. The van der Waals surface area contributed by atoms with Crippen molar-refractivity contribution in [2.45, 2.75) is 6.61 Å². The van der Waals surface area contributed by atoms with Gasteiger partial charge in [-0.05, 0) is 11.4 Å². The second-order valence-corrected chi connectivity index (χ2v) is 5.35. The van der Waals surface area contributed by atoms with Gasteiger partial charge in [-0.2, -0.15) is 4.98 Å². The first kappa shape index (κ1) is 12.4. The van der Waals surface area contributed by atoms with Crippen molar-refractivity contribution in [2.75, 3.05) is 31.1 Å². The van der Waals surface area contributed by atoms with Gasteiger partial charge >= 0.3 is 0 Å². The number of nitrogens with zero attached hydrogens (tertiary/aromatic N) is 3. The number of anilines is 1. The summed E-state index contributed by atoms with van der Waals surface area (Å²) in [5.41, 5.74) is 0. The summed E-state index contributed by atoms with van der Waals surface area (Å²) in [6.45, 7) is 4.45. The van der Waals surface area contributed by atoms with E-state index < -0.39 is 0 Å².